The van der Waals surface area contributed by atoms with E-state index < -0.39 is 11.8 Å². The van der Waals surface area contributed by atoms with Gasteiger partial charge in [-0.3, -0.25) is 14.6 Å². The van der Waals surface area contributed by atoms with Gasteiger partial charge in [0.05, 0.1) is 37.8 Å². The van der Waals surface area contributed by atoms with Crippen molar-refractivity contribution in [2.45, 2.75) is 13.8 Å². The van der Waals surface area contributed by atoms with E-state index in [-0.39, 0.29) is 18.4 Å². The Balaban J connectivity index is 1.74. The summed E-state index contributed by atoms with van der Waals surface area (Å²) >= 11 is 0. The molecule has 0 fully saturated rings. The van der Waals surface area contributed by atoms with Crippen molar-refractivity contribution in [3.63, 3.8) is 0 Å². The maximum Gasteiger partial charge on any atom is 0.254 e. The van der Waals surface area contributed by atoms with Crippen LogP contribution in [0.5, 0.6) is 11.5 Å². The van der Waals surface area contributed by atoms with Crippen molar-refractivity contribution in [2.24, 2.45) is 16.8 Å². The number of allylic oxidation sites excluding steroid dienone is 3. The van der Waals surface area contributed by atoms with E-state index in [4.69, 9.17) is 14.2 Å². The number of methoxy groups -OCH3 is 2. The molecular formula is C28H29N3O5. The first-order valence-corrected chi connectivity index (χ1v) is 11.6. The highest BCUT2D eigenvalue weighted by atomic mass is 16.5. The van der Waals surface area contributed by atoms with Gasteiger partial charge >= 0.3 is 0 Å². The molecule has 2 aliphatic heterocycles. The van der Waals surface area contributed by atoms with E-state index in [1.807, 2.05) is 30.3 Å². The molecule has 0 saturated heterocycles. The average Bonchev–Trinajstić information content (AvgIpc) is 2.89. The Hall–Kier alpha value is -4.33. The monoisotopic (exact) mass is 487 g/mol. The molecule has 0 aromatic heterocycles. The van der Waals surface area contributed by atoms with Crippen molar-refractivity contribution in [1.82, 2.24) is 0 Å². The summed E-state index contributed by atoms with van der Waals surface area (Å²) in [6, 6.07) is 14.3. The van der Waals surface area contributed by atoms with Crippen molar-refractivity contribution in [1.29, 1.82) is 0 Å². The number of nitrogens with one attached hydrogen (secondary N) is 2. The fourth-order valence-corrected chi connectivity index (χ4v) is 4.57. The van der Waals surface area contributed by atoms with Crippen LogP contribution in [0.25, 0.3) is 0 Å². The fraction of sp³-hybridized carbons (Fsp3) is 0.250. The lowest BCUT2D eigenvalue weighted by molar-refractivity contribution is -0.119. The van der Waals surface area contributed by atoms with Crippen LogP contribution in [-0.2, 0) is 14.3 Å². The second kappa shape index (κ2) is 10.9. The molecule has 36 heavy (non-hydrogen) atoms. The molecule has 0 aliphatic carbocycles. The highest BCUT2D eigenvalue weighted by Gasteiger charge is 2.42. The van der Waals surface area contributed by atoms with Crippen LogP contribution in [0.15, 0.2) is 88.8 Å². The molecule has 2 unspecified atom stereocenters. The summed E-state index contributed by atoms with van der Waals surface area (Å²) in [4.78, 5) is 32.1. The van der Waals surface area contributed by atoms with Crippen LogP contribution in [0.2, 0.25) is 0 Å². The molecule has 0 spiro atoms. The van der Waals surface area contributed by atoms with Gasteiger partial charge < -0.3 is 24.8 Å². The van der Waals surface area contributed by atoms with Crippen molar-refractivity contribution in [2.75, 3.05) is 31.5 Å². The summed E-state index contributed by atoms with van der Waals surface area (Å²) in [6.07, 6.45) is 5.24. The molecule has 2 N–H and O–H groups in total. The van der Waals surface area contributed by atoms with Gasteiger partial charge in [-0.1, -0.05) is 30.3 Å². The van der Waals surface area contributed by atoms with Gasteiger partial charge in [-0.25, -0.2) is 0 Å². The summed E-state index contributed by atoms with van der Waals surface area (Å²) in [5, 5.41) is 5.91. The lowest BCUT2D eigenvalue weighted by Gasteiger charge is -2.34. The van der Waals surface area contributed by atoms with Gasteiger partial charge in [-0.05, 0) is 49.8 Å². The third-order valence-corrected chi connectivity index (χ3v) is 6.21. The normalized spacial score (nSPS) is 19.0. The first-order valence-electron chi connectivity index (χ1n) is 11.6. The molecule has 2 aromatic carbocycles. The van der Waals surface area contributed by atoms with Crippen LogP contribution in [-0.4, -0.2) is 38.4 Å². The van der Waals surface area contributed by atoms with Crippen LogP contribution < -0.4 is 20.1 Å². The molecule has 2 aliphatic rings. The largest absolute Gasteiger partial charge is 0.497 e. The number of hydrogen-bond donors (Lipinski definition) is 2. The number of nitrogens with zero attached hydrogens (tertiary/aromatic N) is 1. The van der Waals surface area contributed by atoms with E-state index in [1.54, 1.807) is 64.7 Å². The van der Waals surface area contributed by atoms with Gasteiger partial charge in [0, 0.05) is 22.9 Å². The summed E-state index contributed by atoms with van der Waals surface area (Å²) < 4.78 is 16.3. The Morgan fingerprint density at radius 3 is 2.14 bits per heavy atom. The Labute approximate surface area is 210 Å². The van der Waals surface area contributed by atoms with Crippen LogP contribution in [0, 0.1) is 11.8 Å². The van der Waals surface area contributed by atoms with Crippen molar-refractivity contribution in [3.8, 4) is 11.5 Å². The van der Waals surface area contributed by atoms with Gasteiger partial charge in [-0.15, -0.1) is 0 Å². The minimum atomic E-state index is -0.738. The average molecular weight is 488 g/mol. The molecule has 2 aromatic rings. The quantitative estimate of drug-likeness (QED) is 0.588. The molecule has 8 nitrogen and oxygen atoms in total. The van der Waals surface area contributed by atoms with E-state index in [1.165, 1.54) is 0 Å². The number of aliphatic imine (C=N–C) groups is 1. The van der Waals surface area contributed by atoms with Gasteiger partial charge in [0.2, 0.25) is 5.91 Å². The second-order valence-corrected chi connectivity index (χ2v) is 8.43. The fourth-order valence-electron chi connectivity index (χ4n) is 4.57. The Morgan fingerprint density at radius 1 is 0.944 bits per heavy atom. The zero-order chi connectivity index (χ0) is 25.7. The van der Waals surface area contributed by atoms with Crippen molar-refractivity contribution in [3.05, 3.63) is 83.8 Å². The third-order valence-electron chi connectivity index (χ3n) is 6.21. The Bertz CT molecular complexity index is 1290. The number of amides is 2. The van der Waals surface area contributed by atoms with E-state index in [2.05, 4.69) is 15.6 Å². The van der Waals surface area contributed by atoms with Crippen molar-refractivity contribution < 1.29 is 23.8 Å². The Morgan fingerprint density at radius 2 is 1.56 bits per heavy atom. The number of anilines is 2. The standard InChI is InChI=1S/C28H29N3O5/c1-17-24(27(32)30-20-11-5-7-13-22(20)34-3)26(19-10-9-15-36-16-19)25(18(2)29-17)28(33)31-21-12-6-8-14-23(21)35-4/h5-15,24,26H,16H2,1-4H3,(H,30,32)(H,31,33). The number of hydrogen-bond acceptors (Lipinski definition) is 6. The summed E-state index contributed by atoms with van der Waals surface area (Å²) in [5.41, 5.74) is 3.42. The molecule has 186 valence electrons. The molecular weight excluding hydrogens is 458 g/mol. The molecule has 2 amide bonds. The summed E-state index contributed by atoms with van der Waals surface area (Å²) in [5.74, 6) is -0.906. The SMILES string of the molecule is COc1ccccc1NC(=O)C1=C(C)N=C(C)C(C(=O)Nc2ccccc2OC)C1C1=CC=COC1. The summed E-state index contributed by atoms with van der Waals surface area (Å²) in [6.45, 7) is 3.84. The number of carbonyl (C=O) groups is 2. The minimum absolute atomic E-state index is 0.256. The van der Waals surface area contributed by atoms with Gasteiger partial charge in [0.15, 0.2) is 0 Å². The molecule has 2 heterocycles. The smallest absolute Gasteiger partial charge is 0.254 e. The van der Waals surface area contributed by atoms with Crippen LogP contribution >= 0.6 is 0 Å². The van der Waals surface area contributed by atoms with Crippen LogP contribution in [0.3, 0.4) is 0 Å². The number of benzene rings is 2. The predicted octanol–water partition coefficient (Wildman–Crippen LogP) is 4.73. The first-order chi connectivity index (χ1) is 17.4. The van der Waals surface area contributed by atoms with Crippen molar-refractivity contribution >= 4 is 28.9 Å². The number of para-hydroxylation sites is 4. The lowest BCUT2D eigenvalue weighted by Crippen LogP contribution is -2.42. The number of ether oxygens (including phenoxy) is 3. The van der Waals surface area contributed by atoms with Gasteiger partial charge in [0.25, 0.3) is 5.91 Å². The minimum Gasteiger partial charge on any atom is -0.497 e. The zero-order valence-electron chi connectivity index (χ0n) is 20.7. The first kappa shape index (κ1) is 24.8. The van der Waals surface area contributed by atoms with Crippen LogP contribution in [0.4, 0.5) is 11.4 Å². The van der Waals surface area contributed by atoms with Gasteiger partial charge in [-0.2, -0.15) is 0 Å². The maximum atomic E-state index is 13.7. The molecule has 0 radical (unpaired) electrons. The molecule has 8 heteroatoms. The second-order valence-electron chi connectivity index (χ2n) is 8.43. The molecule has 4 rings (SSSR count). The molecule has 0 saturated carbocycles. The topological polar surface area (TPSA) is 98.2 Å². The zero-order valence-corrected chi connectivity index (χ0v) is 20.7. The van der Waals surface area contributed by atoms with E-state index in [9.17, 15) is 9.59 Å². The van der Waals surface area contributed by atoms with Gasteiger partial charge in [0.1, 0.15) is 18.1 Å². The molecule has 0 bridgehead atoms. The molecule has 2 atom stereocenters. The van der Waals surface area contributed by atoms with E-state index in [0.29, 0.717) is 39.9 Å². The maximum absolute atomic E-state index is 13.7. The number of rotatable bonds is 7. The highest BCUT2D eigenvalue weighted by molar-refractivity contribution is 6.14. The Kier molecular flexibility index (Phi) is 7.53. The third kappa shape index (κ3) is 5.02. The summed E-state index contributed by atoms with van der Waals surface area (Å²) in [7, 11) is 3.09. The predicted molar refractivity (Wildman–Crippen MR) is 139 cm³/mol. The van der Waals surface area contributed by atoms with E-state index in [0.717, 1.165) is 5.57 Å². The number of carbonyl (C=O) groups excluding carboxylic acids is 2. The lowest BCUT2D eigenvalue weighted by atomic mass is 9.74. The highest BCUT2D eigenvalue weighted by Crippen LogP contribution is 2.39. The van der Waals surface area contributed by atoms with E-state index >= 15 is 0 Å². The van der Waals surface area contributed by atoms with Crippen LogP contribution in [0.1, 0.15) is 13.8 Å².